The van der Waals surface area contributed by atoms with Gasteiger partial charge in [0.2, 0.25) is 0 Å². The van der Waals surface area contributed by atoms with Crippen molar-refractivity contribution >= 4 is 12.2 Å². The van der Waals surface area contributed by atoms with E-state index in [4.69, 9.17) is 12.2 Å². The minimum Gasteiger partial charge on any atom is -0.299 e. The second-order valence-corrected chi connectivity index (χ2v) is 6.32. The maximum atomic E-state index is 5.31. The van der Waals surface area contributed by atoms with Crippen LogP contribution in [0.15, 0.2) is 24.3 Å². The molecule has 0 fully saturated rings. The lowest BCUT2D eigenvalue weighted by Gasteiger charge is -2.22. The summed E-state index contributed by atoms with van der Waals surface area (Å²) in [4.78, 5) is 0. The van der Waals surface area contributed by atoms with E-state index in [0.717, 1.165) is 18.7 Å². The van der Waals surface area contributed by atoms with E-state index in [0.29, 0.717) is 4.77 Å². The van der Waals surface area contributed by atoms with E-state index in [1.54, 1.807) is 0 Å². The highest BCUT2D eigenvalue weighted by molar-refractivity contribution is 7.71. The van der Waals surface area contributed by atoms with Crippen molar-refractivity contribution in [2.45, 2.75) is 46.1 Å². The van der Waals surface area contributed by atoms with Gasteiger partial charge in [0.15, 0.2) is 4.77 Å². The zero-order valence-electron chi connectivity index (χ0n) is 12.0. The van der Waals surface area contributed by atoms with Crippen molar-refractivity contribution in [2.24, 2.45) is 0 Å². The highest BCUT2D eigenvalue weighted by Gasteiger charge is 2.18. The second-order valence-electron chi connectivity index (χ2n) is 5.94. The summed E-state index contributed by atoms with van der Waals surface area (Å²) in [7, 11) is 0. The maximum Gasteiger partial charge on any atom is 0.195 e. The van der Waals surface area contributed by atoms with Crippen molar-refractivity contribution < 1.29 is 0 Å². The monoisotopic (exact) mass is 275 g/mol. The fourth-order valence-electron chi connectivity index (χ4n) is 2.20. The Hall–Kier alpha value is -1.42. The van der Waals surface area contributed by atoms with Crippen LogP contribution in [0.5, 0.6) is 0 Å². The summed E-state index contributed by atoms with van der Waals surface area (Å²) in [5.74, 6) is 1.03. The van der Waals surface area contributed by atoms with Gasteiger partial charge in [-0.1, -0.05) is 29.8 Å². The van der Waals surface area contributed by atoms with Gasteiger partial charge in [0.05, 0.1) is 0 Å². The van der Waals surface area contributed by atoms with E-state index in [9.17, 15) is 0 Å². The van der Waals surface area contributed by atoms with E-state index in [-0.39, 0.29) is 5.54 Å². The Labute approximate surface area is 119 Å². The molecule has 0 unspecified atom stereocenters. The van der Waals surface area contributed by atoms with Gasteiger partial charge in [0.1, 0.15) is 5.82 Å². The number of nitrogens with zero attached hydrogens (tertiary/aromatic N) is 2. The van der Waals surface area contributed by atoms with E-state index >= 15 is 0 Å². The standard InChI is InChI=1S/C15H21N3S/c1-11-5-7-12(8-6-11)9-10-13-16-17-14(19)18(13)15(2,3)4/h5-8H,9-10H2,1-4H3,(H,17,19). The average Bonchev–Trinajstić information content (AvgIpc) is 2.69. The fraction of sp³-hybridized carbons (Fsp3) is 0.467. The van der Waals surface area contributed by atoms with Crippen LogP contribution in [0.2, 0.25) is 0 Å². The Morgan fingerprint density at radius 1 is 1.16 bits per heavy atom. The largest absolute Gasteiger partial charge is 0.299 e. The van der Waals surface area contributed by atoms with Gasteiger partial charge in [-0.15, -0.1) is 0 Å². The first-order valence-corrected chi connectivity index (χ1v) is 7.01. The number of H-pyrrole nitrogens is 1. The molecule has 0 aliphatic rings. The van der Waals surface area contributed by atoms with Crippen LogP contribution in [0.25, 0.3) is 0 Å². The zero-order valence-corrected chi connectivity index (χ0v) is 12.8. The Kier molecular flexibility index (Phi) is 3.90. The van der Waals surface area contributed by atoms with Crippen LogP contribution in [-0.2, 0) is 18.4 Å². The molecular formula is C15H21N3S. The Morgan fingerprint density at radius 2 is 1.79 bits per heavy atom. The summed E-state index contributed by atoms with van der Waals surface area (Å²) in [6.07, 6.45) is 1.88. The summed E-state index contributed by atoms with van der Waals surface area (Å²) in [5.41, 5.74) is 2.59. The van der Waals surface area contributed by atoms with Gasteiger partial charge in [-0.2, -0.15) is 5.10 Å². The molecule has 0 atom stereocenters. The van der Waals surface area contributed by atoms with Crippen molar-refractivity contribution in [1.82, 2.24) is 14.8 Å². The van der Waals surface area contributed by atoms with Crippen LogP contribution in [0.3, 0.4) is 0 Å². The molecule has 1 aromatic heterocycles. The molecule has 0 aliphatic carbocycles. The molecular weight excluding hydrogens is 254 g/mol. The normalized spacial score (nSPS) is 11.8. The van der Waals surface area contributed by atoms with Gasteiger partial charge in [0, 0.05) is 12.0 Å². The van der Waals surface area contributed by atoms with E-state index in [2.05, 4.69) is 66.7 Å². The third-order valence-electron chi connectivity index (χ3n) is 3.17. The minimum absolute atomic E-state index is 0.0350. The Bertz CT molecular complexity index is 600. The Balaban J connectivity index is 2.17. The molecule has 1 aromatic carbocycles. The summed E-state index contributed by atoms with van der Waals surface area (Å²) in [6, 6.07) is 8.66. The number of rotatable bonds is 3. The van der Waals surface area contributed by atoms with Crippen LogP contribution >= 0.6 is 12.2 Å². The van der Waals surface area contributed by atoms with Crippen LogP contribution in [0.1, 0.15) is 37.7 Å². The molecule has 0 radical (unpaired) electrons. The molecule has 2 aromatic rings. The van der Waals surface area contributed by atoms with Crippen LogP contribution in [0.4, 0.5) is 0 Å². The number of hydrogen-bond donors (Lipinski definition) is 1. The van der Waals surface area contributed by atoms with Gasteiger partial charge in [-0.3, -0.25) is 9.67 Å². The predicted octanol–water partition coefficient (Wildman–Crippen LogP) is 3.79. The number of nitrogens with one attached hydrogen (secondary N) is 1. The molecule has 4 heteroatoms. The molecule has 19 heavy (non-hydrogen) atoms. The second kappa shape index (κ2) is 5.29. The maximum absolute atomic E-state index is 5.31. The number of benzene rings is 1. The van der Waals surface area contributed by atoms with Crippen molar-refractivity contribution in [2.75, 3.05) is 0 Å². The van der Waals surface area contributed by atoms with E-state index in [1.807, 2.05) is 0 Å². The molecule has 0 aliphatic heterocycles. The van der Waals surface area contributed by atoms with Gasteiger partial charge in [-0.05, 0) is 51.9 Å². The first kappa shape index (κ1) is 14.0. The molecule has 3 nitrogen and oxygen atoms in total. The molecule has 0 bridgehead atoms. The highest BCUT2D eigenvalue weighted by Crippen LogP contribution is 2.17. The number of aromatic amines is 1. The molecule has 1 N–H and O–H groups in total. The number of aromatic nitrogens is 3. The van der Waals surface area contributed by atoms with Gasteiger partial charge < -0.3 is 0 Å². The highest BCUT2D eigenvalue weighted by atomic mass is 32.1. The van der Waals surface area contributed by atoms with Crippen molar-refractivity contribution in [3.05, 3.63) is 46.0 Å². The molecule has 0 amide bonds. The summed E-state index contributed by atoms with van der Waals surface area (Å²) >= 11 is 5.31. The SMILES string of the molecule is Cc1ccc(CCc2n[nH]c(=S)n2C(C)(C)C)cc1. The van der Waals surface area contributed by atoms with Gasteiger partial charge in [0.25, 0.3) is 0 Å². The molecule has 0 saturated heterocycles. The molecule has 1 heterocycles. The van der Waals surface area contributed by atoms with Crippen LogP contribution in [-0.4, -0.2) is 14.8 Å². The van der Waals surface area contributed by atoms with Crippen LogP contribution < -0.4 is 0 Å². The molecule has 0 saturated carbocycles. The van der Waals surface area contributed by atoms with Crippen LogP contribution in [0, 0.1) is 11.7 Å². The summed E-state index contributed by atoms with van der Waals surface area (Å²) < 4.78 is 2.81. The quantitative estimate of drug-likeness (QED) is 0.865. The third-order valence-corrected chi connectivity index (χ3v) is 3.44. The van der Waals surface area contributed by atoms with Crippen molar-refractivity contribution in [3.8, 4) is 0 Å². The average molecular weight is 275 g/mol. The van der Waals surface area contributed by atoms with E-state index < -0.39 is 0 Å². The smallest absolute Gasteiger partial charge is 0.195 e. The van der Waals surface area contributed by atoms with Gasteiger partial charge in [-0.25, -0.2) is 0 Å². The topological polar surface area (TPSA) is 33.6 Å². The minimum atomic E-state index is -0.0350. The summed E-state index contributed by atoms with van der Waals surface area (Å²) in [6.45, 7) is 8.55. The first-order chi connectivity index (χ1) is 8.88. The lowest BCUT2D eigenvalue weighted by Crippen LogP contribution is -2.24. The van der Waals surface area contributed by atoms with E-state index in [1.165, 1.54) is 11.1 Å². The third kappa shape index (κ3) is 3.32. The number of aryl methyl sites for hydroxylation is 3. The lowest BCUT2D eigenvalue weighted by molar-refractivity contribution is 0.377. The zero-order chi connectivity index (χ0) is 14.0. The molecule has 102 valence electrons. The Morgan fingerprint density at radius 3 is 2.37 bits per heavy atom. The molecule has 0 spiro atoms. The lowest BCUT2D eigenvalue weighted by atomic mass is 10.1. The predicted molar refractivity (Wildman–Crippen MR) is 81.0 cm³/mol. The first-order valence-electron chi connectivity index (χ1n) is 6.60. The van der Waals surface area contributed by atoms with Crippen molar-refractivity contribution in [3.63, 3.8) is 0 Å². The van der Waals surface area contributed by atoms with Gasteiger partial charge >= 0.3 is 0 Å². The molecule has 2 rings (SSSR count). The van der Waals surface area contributed by atoms with Crippen molar-refractivity contribution in [1.29, 1.82) is 0 Å². The fourth-order valence-corrected chi connectivity index (χ4v) is 2.62. The summed E-state index contributed by atoms with van der Waals surface area (Å²) in [5, 5.41) is 7.27. The number of hydrogen-bond acceptors (Lipinski definition) is 2.